The minimum absolute atomic E-state index is 0.343. The van der Waals surface area contributed by atoms with Crippen LogP contribution in [0.2, 0.25) is 0 Å². The van der Waals surface area contributed by atoms with Crippen LogP contribution in [0.25, 0.3) is 0 Å². The molecule has 6 heteroatoms. The Morgan fingerprint density at radius 3 is 2.35 bits per heavy atom. The molecule has 178 valence electrons. The van der Waals surface area contributed by atoms with E-state index < -0.39 is 12.1 Å². The Morgan fingerprint density at radius 1 is 1.29 bits per heavy atom. The summed E-state index contributed by atoms with van der Waals surface area (Å²) in [5, 5.41) is 12.3. The van der Waals surface area contributed by atoms with E-state index in [0.717, 1.165) is 49.7 Å². The Balaban J connectivity index is 0.00000134. The second kappa shape index (κ2) is 16.5. The van der Waals surface area contributed by atoms with Crippen molar-refractivity contribution in [2.75, 3.05) is 30.0 Å². The van der Waals surface area contributed by atoms with Crippen LogP contribution in [0.15, 0.2) is 30.5 Å². The summed E-state index contributed by atoms with van der Waals surface area (Å²) in [5.74, 6) is -0.476. The molecule has 2 N–H and O–H groups in total. The molecule has 2 rings (SSSR count). The number of allylic oxidation sites excluding steroid dienone is 1. The molecule has 1 aliphatic heterocycles. The van der Waals surface area contributed by atoms with Crippen LogP contribution in [0, 0.1) is 0 Å². The third kappa shape index (κ3) is 11.1. The van der Waals surface area contributed by atoms with Crippen LogP contribution < -0.4 is 15.0 Å². The van der Waals surface area contributed by atoms with Crippen molar-refractivity contribution >= 4 is 17.3 Å². The van der Waals surface area contributed by atoms with Crippen molar-refractivity contribution in [1.29, 1.82) is 0 Å². The molecule has 1 aromatic carbocycles. The number of carboxylic acids is 1. The molecule has 1 heterocycles. The fourth-order valence-corrected chi connectivity index (χ4v) is 2.93. The highest BCUT2D eigenvalue weighted by molar-refractivity contribution is 5.75. The van der Waals surface area contributed by atoms with Gasteiger partial charge in [0.05, 0.1) is 24.0 Å². The Bertz CT molecular complexity index is 640. The predicted molar refractivity (Wildman–Crippen MR) is 131 cm³/mol. The maximum absolute atomic E-state index is 11.0. The summed E-state index contributed by atoms with van der Waals surface area (Å²) >= 11 is 0. The summed E-state index contributed by atoms with van der Waals surface area (Å²) < 4.78 is 11.1. The first-order valence-electron chi connectivity index (χ1n) is 11.6. The first-order chi connectivity index (χ1) is 14.7. The molecule has 31 heavy (non-hydrogen) atoms. The number of nitrogens with zero attached hydrogens (tertiary/aromatic N) is 1. The van der Waals surface area contributed by atoms with Gasteiger partial charge in [-0.3, -0.25) is 0 Å². The molecule has 0 spiro atoms. The van der Waals surface area contributed by atoms with Gasteiger partial charge in [-0.25, -0.2) is 4.79 Å². The third-order valence-electron chi connectivity index (χ3n) is 4.10. The van der Waals surface area contributed by atoms with Gasteiger partial charge in [0, 0.05) is 24.9 Å². The van der Waals surface area contributed by atoms with Gasteiger partial charge in [0.1, 0.15) is 5.75 Å². The van der Waals surface area contributed by atoms with Gasteiger partial charge in [0.25, 0.3) is 0 Å². The number of aliphatic carboxylic acids is 1. The molecule has 0 radical (unpaired) electrons. The van der Waals surface area contributed by atoms with Crippen LogP contribution in [0.5, 0.6) is 5.75 Å². The van der Waals surface area contributed by atoms with Crippen molar-refractivity contribution in [3.05, 3.63) is 30.5 Å². The first-order valence-corrected chi connectivity index (χ1v) is 11.6. The topological polar surface area (TPSA) is 71.0 Å². The highest BCUT2D eigenvalue weighted by Gasteiger charge is 2.25. The number of carbonyl (C=O) groups is 1. The molecule has 2 unspecified atom stereocenters. The van der Waals surface area contributed by atoms with Crippen molar-refractivity contribution in [3.8, 4) is 5.75 Å². The average molecular weight is 437 g/mol. The number of hydrogen-bond acceptors (Lipinski definition) is 5. The third-order valence-corrected chi connectivity index (χ3v) is 4.10. The van der Waals surface area contributed by atoms with E-state index in [4.69, 9.17) is 14.6 Å². The lowest BCUT2D eigenvalue weighted by Gasteiger charge is -2.32. The van der Waals surface area contributed by atoms with Crippen LogP contribution in [0.3, 0.4) is 0 Å². The van der Waals surface area contributed by atoms with Crippen LogP contribution in [0.4, 0.5) is 11.4 Å². The van der Waals surface area contributed by atoms with Gasteiger partial charge in [-0.1, -0.05) is 54.0 Å². The van der Waals surface area contributed by atoms with E-state index in [1.165, 1.54) is 19.8 Å². The summed E-state index contributed by atoms with van der Waals surface area (Å²) in [7, 11) is 0. The van der Waals surface area contributed by atoms with Crippen molar-refractivity contribution in [2.45, 2.75) is 86.3 Å². The highest BCUT2D eigenvalue weighted by atomic mass is 16.5. The molecule has 0 aliphatic carbocycles. The monoisotopic (exact) mass is 436 g/mol. The van der Waals surface area contributed by atoms with Crippen LogP contribution in [-0.4, -0.2) is 43.0 Å². The van der Waals surface area contributed by atoms with Crippen LogP contribution in [-0.2, 0) is 9.53 Å². The lowest BCUT2D eigenvalue weighted by atomic mass is 10.1. The number of rotatable bonds is 9. The van der Waals surface area contributed by atoms with E-state index >= 15 is 0 Å². The van der Waals surface area contributed by atoms with Crippen molar-refractivity contribution in [1.82, 2.24) is 0 Å². The molecular weight excluding hydrogens is 392 g/mol. The Kier molecular flexibility index (Phi) is 15.3. The normalized spacial score (nSPS) is 15.5. The van der Waals surface area contributed by atoms with Gasteiger partial charge in [-0.15, -0.1) is 0 Å². The molecule has 1 aromatic rings. The van der Waals surface area contributed by atoms with Gasteiger partial charge >= 0.3 is 5.97 Å². The van der Waals surface area contributed by atoms with E-state index in [-0.39, 0.29) is 0 Å². The number of hydrogen-bond donors (Lipinski definition) is 2. The van der Waals surface area contributed by atoms with Crippen LogP contribution >= 0.6 is 0 Å². The highest BCUT2D eigenvalue weighted by Crippen LogP contribution is 2.34. The maximum atomic E-state index is 11.0. The molecule has 1 fully saturated rings. The van der Waals surface area contributed by atoms with E-state index in [1.807, 2.05) is 25.1 Å². The minimum atomic E-state index is -0.991. The zero-order valence-electron chi connectivity index (χ0n) is 20.7. The van der Waals surface area contributed by atoms with Crippen molar-refractivity contribution in [3.63, 3.8) is 0 Å². The minimum Gasteiger partial charge on any atom is -0.479 e. The van der Waals surface area contributed by atoms with Gasteiger partial charge in [-0.05, 0) is 38.8 Å². The Hall–Kier alpha value is -2.21. The smallest absolute Gasteiger partial charge is 0.344 e. The SMILES string of the molecule is C=C(C)Nc1cc(OC(C)C(=O)O)ccc1N(CCC)C1CCOC1.CCC.CCC. The summed E-state index contributed by atoms with van der Waals surface area (Å²) in [6.07, 6.45) is 3.62. The molecule has 0 aromatic heterocycles. The van der Waals surface area contributed by atoms with Gasteiger partial charge in [0.15, 0.2) is 6.10 Å². The molecule has 1 aliphatic rings. The quantitative estimate of drug-likeness (QED) is 0.472. The fourth-order valence-electron chi connectivity index (χ4n) is 2.93. The fraction of sp³-hybridized carbons (Fsp3) is 0.640. The standard InChI is InChI=1S/C19H28N2O4.2C3H8/c1-5-9-21(15-8-10-24-12-15)18-7-6-16(25-14(4)19(22)23)11-17(18)20-13(2)3;2*1-3-2/h6-7,11,14-15,20H,2,5,8-10,12H2,1,3-4H3,(H,22,23);2*3H2,1-2H3. The summed E-state index contributed by atoms with van der Waals surface area (Å²) in [5.41, 5.74) is 2.72. The van der Waals surface area contributed by atoms with Gasteiger partial charge < -0.3 is 24.8 Å². The van der Waals surface area contributed by atoms with E-state index in [1.54, 1.807) is 0 Å². The lowest BCUT2D eigenvalue weighted by molar-refractivity contribution is -0.144. The number of ether oxygens (including phenoxy) is 2. The second-order valence-electron chi connectivity index (χ2n) is 7.81. The number of carboxylic acid groups (broad SMARTS) is 1. The molecule has 0 bridgehead atoms. The zero-order chi connectivity index (χ0) is 23.8. The lowest BCUT2D eigenvalue weighted by Crippen LogP contribution is -2.36. The van der Waals surface area contributed by atoms with Crippen LogP contribution in [0.1, 0.15) is 74.1 Å². The molecule has 1 saturated heterocycles. The number of nitrogens with one attached hydrogen (secondary N) is 1. The van der Waals surface area contributed by atoms with E-state index in [9.17, 15) is 4.79 Å². The van der Waals surface area contributed by atoms with E-state index in [2.05, 4.69) is 51.4 Å². The number of benzene rings is 1. The first kappa shape index (κ1) is 28.8. The van der Waals surface area contributed by atoms with E-state index in [0.29, 0.717) is 11.8 Å². The zero-order valence-corrected chi connectivity index (χ0v) is 20.7. The Morgan fingerprint density at radius 2 is 1.90 bits per heavy atom. The Labute approximate surface area is 189 Å². The van der Waals surface area contributed by atoms with Gasteiger partial charge in [-0.2, -0.15) is 0 Å². The largest absolute Gasteiger partial charge is 0.479 e. The molecule has 6 nitrogen and oxygen atoms in total. The molecule has 0 saturated carbocycles. The summed E-state index contributed by atoms with van der Waals surface area (Å²) in [4.78, 5) is 13.4. The van der Waals surface area contributed by atoms with Gasteiger partial charge in [0.2, 0.25) is 0 Å². The second-order valence-corrected chi connectivity index (χ2v) is 7.81. The molecule has 2 atom stereocenters. The average Bonchev–Trinajstić information content (AvgIpc) is 3.22. The summed E-state index contributed by atoms with van der Waals surface area (Å²) in [6, 6.07) is 5.97. The molecular formula is C25H44N2O4. The van der Waals surface area contributed by atoms with Crippen molar-refractivity contribution in [2.24, 2.45) is 0 Å². The number of anilines is 2. The van der Waals surface area contributed by atoms with Crippen molar-refractivity contribution < 1.29 is 19.4 Å². The predicted octanol–water partition coefficient (Wildman–Crippen LogP) is 6.32. The molecule has 0 amide bonds. The summed E-state index contributed by atoms with van der Waals surface area (Å²) in [6.45, 7) is 20.4. The maximum Gasteiger partial charge on any atom is 0.344 e.